The smallest absolute Gasteiger partial charge is 0.432 e. The van der Waals surface area contributed by atoms with Gasteiger partial charge in [0.15, 0.2) is 12.6 Å². The van der Waals surface area contributed by atoms with Gasteiger partial charge >= 0.3 is 6.16 Å². The third kappa shape index (κ3) is 7.40. The molecule has 22 heavy (non-hydrogen) atoms. The van der Waals surface area contributed by atoms with E-state index < -0.39 is 6.16 Å². The molecule has 0 amide bonds. The maximum atomic E-state index is 11.3. The van der Waals surface area contributed by atoms with Crippen molar-refractivity contribution in [1.82, 2.24) is 0 Å². The normalized spacial score (nSPS) is 25.6. The van der Waals surface area contributed by atoms with Crippen LogP contribution in [0.4, 0.5) is 4.79 Å². The van der Waals surface area contributed by atoms with Crippen LogP contribution < -0.4 is 0 Å². The predicted molar refractivity (Wildman–Crippen MR) is 76.4 cm³/mol. The molecule has 7 nitrogen and oxygen atoms in total. The Hall–Kier alpha value is -0.890. The lowest BCUT2D eigenvalue weighted by Gasteiger charge is -2.22. The fraction of sp³-hybridized carbons (Fsp3) is 0.933. The summed E-state index contributed by atoms with van der Waals surface area (Å²) in [5.74, 6) is 0. The van der Waals surface area contributed by atoms with E-state index in [1.165, 1.54) is 0 Å². The molecule has 2 fully saturated rings. The molecule has 2 rings (SSSR count). The number of hydrogen-bond acceptors (Lipinski definition) is 7. The maximum Gasteiger partial charge on any atom is 0.508 e. The van der Waals surface area contributed by atoms with E-state index in [-0.39, 0.29) is 25.8 Å². The van der Waals surface area contributed by atoms with E-state index in [4.69, 9.17) is 28.4 Å². The van der Waals surface area contributed by atoms with E-state index in [0.29, 0.717) is 13.2 Å². The molecule has 2 aliphatic heterocycles. The molecule has 0 spiro atoms. The van der Waals surface area contributed by atoms with E-state index in [1.54, 1.807) is 0 Å². The molecule has 128 valence electrons. The minimum absolute atomic E-state index is 0.158. The van der Waals surface area contributed by atoms with Gasteiger partial charge in [0.25, 0.3) is 0 Å². The molecule has 2 saturated heterocycles. The molecular formula is C15H26O7. The van der Waals surface area contributed by atoms with Crippen LogP contribution in [-0.4, -0.2) is 58.4 Å². The average molecular weight is 318 g/mol. The molecule has 0 saturated carbocycles. The van der Waals surface area contributed by atoms with Crippen LogP contribution in [0.3, 0.4) is 0 Å². The fourth-order valence-electron chi connectivity index (χ4n) is 2.34. The second kappa shape index (κ2) is 10.8. The van der Waals surface area contributed by atoms with Gasteiger partial charge < -0.3 is 28.4 Å². The zero-order chi connectivity index (χ0) is 15.5. The first-order chi connectivity index (χ1) is 10.8. The Bertz CT molecular complexity index is 270. The third-order valence-electron chi connectivity index (χ3n) is 3.49. The van der Waals surface area contributed by atoms with Gasteiger partial charge in [-0.05, 0) is 38.5 Å². The van der Waals surface area contributed by atoms with Gasteiger partial charge in [-0.3, -0.25) is 0 Å². The van der Waals surface area contributed by atoms with Crippen molar-refractivity contribution in [3.05, 3.63) is 0 Å². The van der Waals surface area contributed by atoms with Crippen molar-refractivity contribution < 1.29 is 33.2 Å². The van der Waals surface area contributed by atoms with Gasteiger partial charge in [0.05, 0.1) is 13.2 Å². The number of carbonyl (C=O) groups excluding carboxylic acids is 1. The van der Waals surface area contributed by atoms with Crippen molar-refractivity contribution in [3.63, 3.8) is 0 Å². The Morgan fingerprint density at radius 3 is 1.68 bits per heavy atom. The molecule has 2 heterocycles. The first-order valence-electron chi connectivity index (χ1n) is 8.10. The van der Waals surface area contributed by atoms with Gasteiger partial charge in [-0.25, -0.2) is 4.79 Å². The lowest BCUT2D eigenvalue weighted by molar-refractivity contribution is -0.170. The van der Waals surface area contributed by atoms with Gasteiger partial charge in [-0.15, -0.1) is 0 Å². The molecule has 2 atom stereocenters. The monoisotopic (exact) mass is 318 g/mol. The van der Waals surface area contributed by atoms with Gasteiger partial charge in [0.1, 0.15) is 13.2 Å². The molecule has 2 unspecified atom stereocenters. The topological polar surface area (TPSA) is 72.5 Å². The predicted octanol–water partition coefficient (Wildman–Crippen LogP) is 2.23. The van der Waals surface area contributed by atoms with E-state index in [1.807, 2.05) is 0 Å². The minimum atomic E-state index is -0.707. The van der Waals surface area contributed by atoms with Crippen molar-refractivity contribution in [2.75, 3.05) is 39.6 Å². The van der Waals surface area contributed by atoms with Crippen LogP contribution >= 0.6 is 0 Å². The zero-order valence-corrected chi connectivity index (χ0v) is 13.0. The average Bonchev–Trinajstić information content (AvgIpc) is 2.57. The highest BCUT2D eigenvalue weighted by Crippen LogP contribution is 2.14. The second-order valence-electron chi connectivity index (χ2n) is 5.28. The molecule has 0 bridgehead atoms. The van der Waals surface area contributed by atoms with Gasteiger partial charge in [-0.2, -0.15) is 0 Å². The molecule has 0 aromatic rings. The van der Waals surface area contributed by atoms with E-state index in [0.717, 1.165) is 51.7 Å². The van der Waals surface area contributed by atoms with Crippen molar-refractivity contribution in [1.29, 1.82) is 0 Å². The van der Waals surface area contributed by atoms with Crippen LogP contribution in [0.2, 0.25) is 0 Å². The van der Waals surface area contributed by atoms with E-state index in [9.17, 15) is 4.79 Å². The summed E-state index contributed by atoms with van der Waals surface area (Å²) in [7, 11) is 0. The maximum absolute atomic E-state index is 11.3. The van der Waals surface area contributed by atoms with Gasteiger partial charge in [-0.1, -0.05) is 0 Å². The fourth-order valence-corrected chi connectivity index (χ4v) is 2.34. The van der Waals surface area contributed by atoms with Crippen molar-refractivity contribution in [2.24, 2.45) is 0 Å². The Balaban J connectivity index is 1.39. The lowest BCUT2D eigenvalue weighted by atomic mass is 10.2. The summed E-state index contributed by atoms with van der Waals surface area (Å²) in [5, 5.41) is 0. The summed E-state index contributed by atoms with van der Waals surface area (Å²) in [6.45, 7) is 2.41. The van der Waals surface area contributed by atoms with Crippen LogP contribution in [0, 0.1) is 0 Å². The van der Waals surface area contributed by atoms with E-state index in [2.05, 4.69) is 0 Å². The summed E-state index contributed by atoms with van der Waals surface area (Å²) in [6, 6.07) is 0. The summed E-state index contributed by atoms with van der Waals surface area (Å²) in [5.41, 5.74) is 0. The van der Waals surface area contributed by atoms with Crippen molar-refractivity contribution in [2.45, 2.75) is 51.1 Å². The van der Waals surface area contributed by atoms with Crippen molar-refractivity contribution >= 4 is 6.16 Å². The van der Waals surface area contributed by atoms with Crippen LogP contribution in [0.1, 0.15) is 38.5 Å². The first kappa shape index (κ1) is 17.5. The highest BCUT2D eigenvalue weighted by Gasteiger charge is 2.15. The zero-order valence-electron chi connectivity index (χ0n) is 13.0. The Labute approximate surface area is 131 Å². The minimum Gasteiger partial charge on any atom is -0.432 e. The summed E-state index contributed by atoms with van der Waals surface area (Å²) in [6.07, 6.45) is 5.12. The van der Waals surface area contributed by atoms with Crippen molar-refractivity contribution in [3.8, 4) is 0 Å². The van der Waals surface area contributed by atoms with E-state index >= 15 is 0 Å². The summed E-state index contributed by atoms with van der Waals surface area (Å²) < 4.78 is 31.5. The Morgan fingerprint density at radius 1 is 0.773 bits per heavy atom. The second-order valence-corrected chi connectivity index (χ2v) is 5.28. The SMILES string of the molecule is O=C(OCCOC1CCCCO1)OCCOC1CCCCO1. The molecule has 2 aliphatic rings. The number of hydrogen-bond donors (Lipinski definition) is 0. The molecule has 0 N–H and O–H groups in total. The molecule has 7 heteroatoms. The van der Waals surface area contributed by atoms with Gasteiger partial charge in [0, 0.05) is 13.2 Å². The van der Waals surface area contributed by atoms with Crippen LogP contribution in [0.5, 0.6) is 0 Å². The molecular weight excluding hydrogens is 292 g/mol. The largest absolute Gasteiger partial charge is 0.508 e. The lowest BCUT2D eigenvalue weighted by Crippen LogP contribution is -2.25. The third-order valence-corrected chi connectivity index (χ3v) is 3.49. The van der Waals surface area contributed by atoms with Crippen LogP contribution in [0.15, 0.2) is 0 Å². The number of rotatable bonds is 8. The number of ether oxygens (including phenoxy) is 6. The highest BCUT2D eigenvalue weighted by atomic mass is 16.7. The standard InChI is InChI=1S/C15H26O7/c16-15(21-11-9-19-13-5-1-3-7-17-13)22-12-10-20-14-6-2-4-8-18-14/h13-14H,1-12H2. The molecule has 0 radical (unpaired) electrons. The Morgan fingerprint density at radius 2 is 1.27 bits per heavy atom. The molecule has 0 aliphatic carbocycles. The highest BCUT2D eigenvalue weighted by molar-refractivity contribution is 5.59. The molecule has 0 aromatic heterocycles. The summed E-state index contributed by atoms with van der Waals surface area (Å²) >= 11 is 0. The van der Waals surface area contributed by atoms with Crippen LogP contribution in [-0.2, 0) is 28.4 Å². The molecule has 0 aromatic carbocycles. The Kier molecular flexibility index (Phi) is 8.55. The summed E-state index contributed by atoms with van der Waals surface area (Å²) in [4.78, 5) is 11.3. The first-order valence-corrected chi connectivity index (χ1v) is 8.10. The van der Waals surface area contributed by atoms with Gasteiger partial charge in [0.2, 0.25) is 0 Å². The number of carbonyl (C=O) groups is 1. The quantitative estimate of drug-likeness (QED) is 0.502. The van der Waals surface area contributed by atoms with Crippen LogP contribution in [0.25, 0.3) is 0 Å².